The van der Waals surface area contributed by atoms with Gasteiger partial charge in [-0.3, -0.25) is 9.59 Å². The molecule has 0 saturated carbocycles. The second-order valence-corrected chi connectivity index (χ2v) is 4.04. The van der Waals surface area contributed by atoms with Crippen molar-refractivity contribution in [1.29, 1.82) is 0 Å². The first-order chi connectivity index (χ1) is 8.88. The van der Waals surface area contributed by atoms with Crippen LogP contribution in [-0.4, -0.2) is 17.7 Å². The number of Topliss-reactive ketones (excluding diaryl/α,β-unsaturated/α-hetero) is 1. The van der Waals surface area contributed by atoms with Gasteiger partial charge in [-0.25, -0.2) is 0 Å². The summed E-state index contributed by atoms with van der Waals surface area (Å²) in [5.74, 6) is -0.761. The zero-order chi connectivity index (χ0) is 14.0. The van der Waals surface area contributed by atoms with Crippen molar-refractivity contribution in [3.63, 3.8) is 0 Å². The summed E-state index contributed by atoms with van der Waals surface area (Å²) in [5.41, 5.74) is -0.745. The van der Waals surface area contributed by atoms with Crippen molar-refractivity contribution in [2.45, 2.75) is 18.7 Å². The van der Waals surface area contributed by atoms with Crippen LogP contribution in [0.2, 0.25) is 0 Å². The van der Waals surface area contributed by atoms with Gasteiger partial charge in [-0.05, 0) is 12.1 Å². The molecule has 0 fully saturated rings. The molecule has 0 bridgehead atoms. The highest BCUT2D eigenvalue weighted by Crippen LogP contribution is 2.29. The van der Waals surface area contributed by atoms with Gasteiger partial charge >= 0.3 is 6.18 Å². The molecule has 1 aliphatic rings. The van der Waals surface area contributed by atoms with Crippen LogP contribution in [0.25, 0.3) is 0 Å². The topological polar surface area (TPSA) is 43.4 Å². The molecule has 19 heavy (non-hydrogen) atoms. The van der Waals surface area contributed by atoms with E-state index in [4.69, 9.17) is 4.74 Å². The van der Waals surface area contributed by atoms with Crippen molar-refractivity contribution in [3.05, 3.63) is 47.7 Å². The SMILES string of the molecule is O=C1C=CO[C@H](C(=O)c2ccc(C(F)(F)F)cc2)C1. The van der Waals surface area contributed by atoms with Gasteiger partial charge in [-0.2, -0.15) is 13.2 Å². The minimum Gasteiger partial charge on any atom is -0.489 e. The number of allylic oxidation sites excluding steroid dienone is 1. The van der Waals surface area contributed by atoms with E-state index < -0.39 is 23.6 Å². The van der Waals surface area contributed by atoms with Crippen molar-refractivity contribution in [2.75, 3.05) is 0 Å². The lowest BCUT2D eigenvalue weighted by Crippen LogP contribution is -2.28. The molecule has 0 saturated heterocycles. The lowest BCUT2D eigenvalue weighted by atomic mass is 10.00. The molecule has 0 N–H and O–H groups in total. The van der Waals surface area contributed by atoms with Crippen molar-refractivity contribution < 1.29 is 27.5 Å². The molecule has 6 heteroatoms. The van der Waals surface area contributed by atoms with Gasteiger partial charge in [0.25, 0.3) is 0 Å². The number of hydrogen-bond donors (Lipinski definition) is 0. The molecule has 1 aromatic rings. The Kier molecular flexibility index (Phi) is 3.42. The summed E-state index contributed by atoms with van der Waals surface area (Å²) in [6.07, 6.45) is -3.18. The van der Waals surface area contributed by atoms with E-state index in [0.29, 0.717) is 0 Å². The minimum atomic E-state index is -4.44. The highest BCUT2D eigenvalue weighted by molar-refractivity contribution is 6.03. The van der Waals surface area contributed by atoms with Gasteiger partial charge in [0.2, 0.25) is 5.78 Å². The van der Waals surface area contributed by atoms with Gasteiger partial charge in [0.1, 0.15) is 0 Å². The monoisotopic (exact) mass is 270 g/mol. The number of carbonyl (C=O) groups is 2. The molecule has 0 radical (unpaired) electrons. The fraction of sp³-hybridized carbons (Fsp3) is 0.231. The van der Waals surface area contributed by atoms with Crippen LogP contribution in [-0.2, 0) is 15.7 Å². The quantitative estimate of drug-likeness (QED) is 0.776. The van der Waals surface area contributed by atoms with Gasteiger partial charge in [0, 0.05) is 11.6 Å². The van der Waals surface area contributed by atoms with Crippen LogP contribution in [0.5, 0.6) is 0 Å². The zero-order valence-corrected chi connectivity index (χ0v) is 9.61. The number of ketones is 2. The highest BCUT2D eigenvalue weighted by atomic mass is 19.4. The zero-order valence-electron chi connectivity index (χ0n) is 9.61. The Morgan fingerprint density at radius 2 is 1.84 bits per heavy atom. The average molecular weight is 270 g/mol. The number of ether oxygens (including phenoxy) is 1. The molecular formula is C13H9F3O3. The number of benzene rings is 1. The van der Waals surface area contributed by atoms with Crippen LogP contribution in [0.1, 0.15) is 22.3 Å². The van der Waals surface area contributed by atoms with Gasteiger partial charge < -0.3 is 4.74 Å². The Hall–Kier alpha value is -2.11. The second kappa shape index (κ2) is 4.87. The molecular weight excluding hydrogens is 261 g/mol. The molecule has 1 heterocycles. The maximum absolute atomic E-state index is 12.4. The summed E-state index contributed by atoms with van der Waals surface area (Å²) >= 11 is 0. The fourth-order valence-corrected chi connectivity index (χ4v) is 1.67. The Balaban J connectivity index is 2.16. The van der Waals surface area contributed by atoms with E-state index in [1.807, 2.05) is 0 Å². The molecule has 0 aliphatic carbocycles. The molecule has 1 aromatic carbocycles. The number of halogens is 3. The van der Waals surface area contributed by atoms with E-state index in [-0.39, 0.29) is 17.8 Å². The molecule has 3 nitrogen and oxygen atoms in total. The Morgan fingerprint density at radius 3 is 2.37 bits per heavy atom. The lowest BCUT2D eigenvalue weighted by molar-refractivity contribution is -0.137. The largest absolute Gasteiger partial charge is 0.489 e. The van der Waals surface area contributed by atoms with Crippen LogP contribution >= 0.6 is 0 Å². The van der Waals surface area contributed by atoms with Gasteiger partial charge in [0.05, 0.1) is 18.2 Å². The summed E-state index contributed by atoms with van der Waals surface area (Å²) in [6.45, 7) is 0. The molecule has 2 rings (SSSR count). The van der Waals surface area contributed by atoms with Gasteiger partial charge in [-0.1, -0.05) is 12.1 Å². The van der Waals surface area contributed by atoms with Crippen LogP contribution in [0.15, 0.2) is 36.6 Å². The predicted molar refractivity (Wildman–Crippen MR) is 59.4 cm³/mol. The van der Waals surface area contributed by atoms with Gasteiger partial charge in [0.15, 0.2) is 11.9 Å². The number of alkyl halides is 3. The van der Waals surface area contributed by atoms with Crippen molar-refractivity contribution >= 4 is 11.6 Å². The average Bonchev–Trinajstić information content (AvgIpc) is 2.37. The molecule has 0 aromatic heterocycles. The Morgan fingerprint density at radius 1 is 1.21 bits per heavy atom. The number of hydrogen-bond acceptors (Lipinski definition) is 3. The standard InChI is InChI=1S/C13H9F3O3/c14-13(15,16)9-3-1-8(2-4-9)12(18)11-7-10(17)5-6-19-11/h1-6,11H,7H2/t11-/m0/s1. The number of carbonyl (C=O) groups excluding carboxylic acids is 2. The first kappa shape index (κ1) is 13.3. The third kappa shape index (κ3) is 3.01. The van der Waals surface area contributed by atoms with E-state index in [2.05, 4.69) is 0 Å². The summed E-state index contributed by atoms with van der Waals surface area (Å²) < 4.78 is 42.1. The predicted octanol–water partition coefficient (Wildman–Crippen LogP) is 2.76. The molecule has 0 unspecified atom stereocenters. The maximum Gasteiger partial charge on any atom is 0.416 e. The van der Waals surface area contributed by atoms with Crippen LogP contribution < -0.4 is 0 Å². The Bertz CT molecular complexity index is 529. The normalized spacial score (nSPS) is 19.1. The fourth-order valence-electron chi connectivity index (χ4n) is 1.67. The third-order valence-electron chi connectivity index (χ3n) is 2.67. The third-order valence-corrected chi connectivity index (χ3v) is 2.67. The van der Waals surface area contributed by atoms with E-state index in [9.17, 15) is 22.8 Å². The van der Waals surface area contributed by atoms with Crippen LogP contribution in [0.3, 0.4) is 0 Å². The van der Waals surface area contributed by atoms with Crippen molar-refractivity contribution in [3.8, 4) is 0 Å². The summed E-state index contributed by atoms with van der Waals surface area (Å²) in [6, 6.07) is 3.82. The number of rotatable bonds is 2. The second-order valence-electron chi connectivity index (χ2n) is 4.04. The summed E-state index contributed by atoms with van der Waals surface area (Å²) in [7, 11) is 0. The first-order valence-electron chi connectivity index (χ1n) is 5.44. The van der Waals surface area contributed by atoms with Crippen LogP contribution in [0, 0.1) is 0 Å². The van der Waals surface area contributed by atoms with Gasteiger partial charge in [-0.15, -0.1) is 0 Å². The maximum atomic E-state index is 12.4. The minimum absolute atomic E-state index is 0.0844. The summed E-state index contributed by atoms with van der Waals surface area (Å²) in [4.78, 5) is 23.0. The highest BCUT2D eigenvalue weighted by Gasteiger charge is 2.31. The van der Waals surface area contributed by atoms with Crippen molar-refractivity contribution in [1.82, 2.24) is 0 Å². The summed E-state index contributed by atoms with van der Waals surface area (Å²) in [5, 5.41) is 0. The van der Waals surface area contributed by atoms with E-state index in [1.165, 1.54) is 6.08 Å². The lowest BCUT2D eigenvalue weighted by Gasteiger charge is -2.17. The van der Waals surface area contributed by atoms with E-state index >= 15 is 0 Å². The smallest absolute Gasteiger partial charge is 0.416 e. The van der Waals surface area contributed by atoms with Crippen molar-refractivity contribution in [2.24, 2.45) is 0 Å². The molecule has 0 spiro atoms. The van der Waals surface area contributed by atoms with E-state index in [1.54, 1.807) is 0 Å². The molecule has 100 valence electrons. The first-order valence-corrected chi connectivity index (χ1v) is 5.44. The van der Waals surface area contributed by atoms with Crippen LogP contribution in [0.4, 0.5) is 13.2 Å². The molecule has 1 aliphatic heterocycles. The Labute approximate surface area is 106 Å². The molecule has 0 amide bonds. The van der Waals surface area contributed by atoms with E-state index in [0.717, 1.165) is 30.5 Å². The molecule has 1 atom stereocenters.